The third-order valence-electron chi connectivity index (χ3n) is 5.33. The van der Waals surface area contributed by atoms with Crippen LogP contribution in [0.5, 0.6) is 0 Å². The Labute approximate surface area is 195 Å². The number of rotatable bonds is 9. The van der Waals surface area contributed by atoms with Gasteiger partial charge in [0.2, 0.25) is 11.0 Å². The van der Waals surface area contributed by atoms with Crippen LogP contribution >= 0.6 is 34.4 Å². The summed E-state index contributed by atoms with van der Waals surface area (Å²) < 4.78 is 0.838. The van der Waals surface area contributed by atoms with Crippen molar-refractivity contribution in [2.45, 2.75) is 24.2 Å². The molecule has 1 amide bonds. The average Bonchev–Trinajstić information content (AvgIpc) is 3.47. The first-order chi connectivity index (χ1) is 15.2. The highest BCUT2D eigenvalue weighted by Crippen LogP contribution is 2.26. The number of aryl methyl sites for hydroxylation is 1. The maximum atomic E-state index is 12.6. The minimum atomic E-state index is 0.183. The number of hydrogen-bond acceptors (Lipinski definition) is 8. The van der Waals surface area contributed by atoms with Crippen molar-refractivity contribution >= 4 is 45.5 Å². The van der Waals surface area contributed by atoms with Crippen LogP contribution in [0, 0.1) is 6.92 Å². The van der Waals surface area contributed by atoms with Gasteiger partial charge in [0, 0.05) is 44.1 Å². The summed E-state index contributed by atoms with van der Waals surface area (Å²) in [6.45, 7) is 7.37. The Hall–Kier alpha value is -1.94. The summed E-state index contributed by atoms with van der Waals surface area (Å²) in [4.78, 5) is 18.4. The summed E-state index contributed by atoms with van der Waals surface area (Å²) in [6.07, 6.45) is 0.980. The number of hydrogen-bond donors (Lipinski definition) is 1. The molecule has 0 bridgehead atoms. The number of nitrogens with zero attached hydrogens (tertiary/aromatic N) is 4. The molecule has 31 heavy (non-hydrogen) atoms. The van der Waals surface area contributed by atoms with Crippen molar-refractivity contribution in [1.82, 2.24) is 20.0 Å². The number of benzene rings is 1. The number of carbonyl (C=O) groups is 1. The molecule has 3 aromatic rings. The van der Waals surface area contributed by atoms with Crippen LogP contribution in [0.3, 0.4) is 0 Å². The highest BCUT2D eigenvalue weighted by atomic mass is 32.2. The molecule has 0 atom stereocenters. The third-order valence-corrected chi connectivity index (χ3v) is 8.27. The van der Waals surface area contributed by atoms with E-state index in [9.17, 15) is 4.79 Å². The molecular weight excluding hydrogens is 446 g/mol. The van der Waals surface area contributed by atoms with Gasteiger partial charge in [0.05, 0.1) is 5.75 Å². The second-order valence-corrected chi connectivity index (χ2v) is 10.7. The van der Waals surface area contributed by atoms with Crippen LogP contribution < -0.4 is 5.32 Å². The molecule has 3 heterocycles. The van der Waals surface area contributed by atoms with Gasteiger partial charge >= 0.3 is 0 Å². The summed E-state index contributed by atoms with van der Waals surface area (Å²) in [7, 11) is 0. The molecule has 1 aromatic carbocycles. The number of thiophene rings is 1. The number of aromatic nitrogens is 2. The Morgan fingerprint density at radius 1 is 1.13 bits per heavy atom. The quantitative estimate of drug-likeness (QED) is 0.474. The molecule has 4 rings (SSSR count). The van der Waals surface area contributed by atoms with E-state index in [0.29, 0.717) is 5.75 Å². The van der Waals surface area contributed by atoms with Gasteiger partial charge in [0.1, 0.15) is 0 Å². The van der Waals surface area contributed by atoms with Crippen molar-refractivity contribution in [2.75, 3.05) is 43.8 Å². The molecule has 0 unspecified atom stereocenters. The van der Waals surface area contributed by atoms with Crippen LogP contribution in [0.2, 0.25) is 0 Å². The Kier molecular flexibility index (Phi) is 7.96. The van der Waals surface area contributed by atoms with E-state index in [1.54, 1.807) is 11.3 Å². The fourth-order valence-electron chi connectivity index (χ4n) is 3.49. The molecule has 0 aliphatic carbocycles. The second kappa shape index (κ2) is 11.1. The molecule has 1 fully saturated rings. The van der Waals surface area contributed by atoms with Crippen molar-refractivity contribution in [1.29, 1.82) is 0 Å². The van der Waals surface area contributed by atoms with Crippen molar-refractivity contribution in [3.8, 4) is 0 Å². The predicted molar refractivity (Wildman–Crippen MR) is 130 cm³/mol. The highest BCUT2D eigenvalue weighted by Gasteiger charge is 2.22. The summed E-state index contributed by atoms with van der Waals surface area (Å²) in [5.74, 6) is 0.602. The number of anilines is 1. The lowest BCUT2D eigenvalue weighted by molar-refractivity contribution is -0.130. The van der Waals surface area contributed by atoms with Gasteiger partial charge < -0.3 is 10.2 Å². The lowest BCUT2D eigenvalue weighted by atomic mass is 10.1. The van der Waals surface area contributed by atoms with Crippen molar-refractivity contribution < 1.29 is 4.79 Å². The number of piperazine rings is 1. The molecule has 0 saturated carbocycles. The predicted octanol–water partition coefficient (Wildman–Crippen LogP) is 4.00. The molecule has 1 saturated heterocycles. The van der Waals surface area contributed by atoms with Crippen LogP contribution in [-0.2, 0) is 17.8 Å². The van der Waals surface area contributed by atoms with E-state index in [-0.39, 0.29) is 5.91 Å². The van der Waals surface area contributed by atoms with E-state index >= 15 is 0 Å². The maximum Gasteiger partial charge on any atom is 0.233 e. The molecule has 0 radical (unpaired) electrons. The lowest BCUT2D eigenvalue weighted by Crippen LogP contribution is -2.48. The fourth-order valence-corrected chi connectivity index (χ4v) is 5.87. The Balaban J connectivity index is 1.16. The maximum absolute atomic E-state index is 12.6. The van der Waals surface area contributed by atoms with Crippen LogP contribution in [0.4, 0.5) is 5.13 Å². The topological polar surface area (TPSA) is 61.4 Å². The summed E-state index contributed by atoms with van der Waals surface area (Å²) in [6, 6.07) is 12.7. The zero-order chi connectivity index (χ0) is 21.5. The smallest absolute Gasteiger partial charge is 0.233 e. The van der Waals surface area contributed by atoms with Crippen LogP contribution in [0.1, 0.15) is 16.0 Å². The molecule has 1 N–H and O–H groups in total. The average molecular weight is 474 g/mol. The van der Waals surface area contributed by atoms with Crippen LogP contribution in [0.15, 0.2) is 46.1 Å². The second-order valence-electron chi connectivity index (χ2n) is 7.50. The number of amides is 1. The zero-order valence-corrected chi connectivity index (χ0v) is 20.1. The zero-order valence-electron chi connectivity index (χ0n) is 17.6. The van der Waals surface area contributed by atoms with Gasteiger partial charge in [0.15, 0.2) is 4.34 Å². The number of carbonyl (C=O) groups excluding carboxylic acids is 1. The molecule has 0 spiro atoms. The third kappa shape index (κ3) is 6.52. The summed E-state index contributed by atoms with van der Waals surface area (Å²) >= 11 is 4.76. The van der Waals surface area contributed by atoms with E-state index in [4.69, 9.17) is 0 Å². The molecule has 6 nitrogen and oxygen atoms in total. The molecule has 2 aromatic heterocycles. The SMILES string of the molecule is Cc1ccccc1CN1CCN(C(=O)CSc2nnc(NCCc3cccs3)s2)CC1. The van der Waals surface area contributed by atoms with Crippen molar-refractivity contribution in [3.05, 3.63) is 57.8 Å². The van der Waals surface area contributed by atoms with Crippen LogP contribution in [-0.4, -0.2) is 64.4 Å². The van der Waals surface area contributed by atoms with E-state index in [1.807, 2.05) is 4.90 Å². The van der Waals surface area contributed by atoms with Gasteiger partial charge in [-0.2, -0.15) is 0 Å². The Morgan fingerprint density at radius 3 is 2.74 bits per heavy atom. The fraction of sp³-hybridized carbons (Fsp3) is 0.409. The first-order valence-corrected chi connectivity index (χ1v) is 13.1. The van der Waals surface area contributed by atoms with Gasteiger partial charge in [0.25, 0.3) is 0 Å². The van der Waals surface area contributed by atoms with Gasteiger partial charge in [-0.25, -0.2) is 0 Å². The van der Waals surface area contributed by atoms with E-state index in [0.717, 1.165) is 55.2 Å². The minimum absolute atomic E-state index is 0.183. The largest absolute Gasteiger partial charge is 0.360 e. The standard InChI is InChI=1S/C22H27N5OS3/c1-17-5-2-3-6-18(17)15-26-10-12-27(13-11-26)20(28)16-30-22-25-24-21(31-22)23-9-8-19-7-4-14-29-19/h2-7,14H,8-13,15-16H2,1H3,(H,23,24). The van der Waals surface area contributed by atoms with Gasteiger partial charge in [-0.1, -0.05) is 53.4 Å². The summed E-state index contributed by atoms with van der Waals surface area (Å²) in [5.41, 5.74) is 2.70. The van der Waals surface area contributed by atoms with E-state index in [2.05, 4.69) is 69.1 Å². The van der Waals surface area contributed by atoms with Gasteiger partial charge in [-0.05, 0) is 35.9 Å². The van der Waals surface area contributed by atoms with E-state index in [1.165, 1.54) is 39.1 Å². The Morgan fingerprint density at radius 2 is 1.97 bits per heavy atom. The normalized spacial score (nSPS) is 14.7. The lowest BCUT2D eigenvalue weighted by Gasteiger charge is -2.35. The van der Waals surface area contributed by atoms with Gasteiger partial charge in [-0.15, -0.1) is 21.5 Å². The number of nitrogens with one attached hydrogen (secondary N) is 1. The monoisotopic (exact) mass is 473 g/mol. The number of thioether (sulfide) groups is 1. The molecule has 164 valence electrons. The first kappa shape index (κ1) is 22.3. The molecule has 9 heteroatoms. The molecular formula is C22H27N5OS3. The van der Waals surface area contributed by atoms with Crippen molar-refractivity contribution in [3.63, 3.8) is 0 Å². The van der Waals surface area contributed by atoms with Gasteiger partial charge in [-0.3, -0.25) is 9.69 Å². The summed E-state index contributed by atoms with van der Waals surface area (Å²) in [5, 5.41) is 14.6. The minimum Gasteiger partial charge on any atom is -0.360 e. The first-order valence-electron chi connectivity index (χ1n) is 10.4. The van der Waals surface area contributed by atoms with Crippen LogP contribution in [0.25, 0.3) is 0 Å². The molecule has 1 aliphatic rings. The van der Waals surface area contributed by atoms with E-state index < -0.39 is 0 Å². The molecule has 1 aliphatic heterocycles. The Bertz CT molecular complexity index is 967. The highest BCUT2D eigenvalue weighted by molar-refractivity contribution is 8.01. The van der Waals surface area contributed by atoms with Crippen molar-refractivity contribution in [2.24, 2.45) is 0 Å².